The van der Waals surface area contributed by atoms with E-state index in [0.29, 0.717) is 5.02 Å². The van der Waals surface area contributed by atoms with E-state index >= 15 is 0 Å². The van der Waals surface area contributed by atoms with Crippen LogP contribution in [0.1, 0.15) is 16.2 Å². The minimum atomic E-state index is 0.0739. The van der Waals surface area contributed by atoms with Crippen molar-refractivity contribution in [2.24, 2.45) is 7.05 Å². The number of aromatic nitrogens is 2. The predicted octanol–water partition coefficient (Wildman–Crippen LogP) is 3.17. The lowest BCUT2D eigenvalue weighted by Gasteiger charge is -2.01. The molecular formula is C14H9ClN2O. The summed E-state index contributed by atoms with van der Waals surface area (Å²) in [4.78, 5) is 12.3. The summed E-state index contributed by atoms with van der Waals surface area (Å²) < 4.78 is 3.87. The maximum Gasteiger partial charge on any atom is 0.228 e. The van der Waals surface area contributed by atoms with E-state index in [-0.39, 0.29) is 5.78 Å². The largest absolute Gasteiger partial charge is 0.339 e. The van der Waals surface area contributed by atoms with E-state index in [2.05, 4.69) is 0 Å². The van der Waals surface area contributed by atoms with Gasteiger partial charge in [0.15, 0.2) is 0 Å². The SMILES string of the molecule is Cn1c2c(c3ccc(Cl)cc31)-n1cccc1C2=O. The highest BCUT2D eigenvalue weighted by Gasteiger charge is 2.32. The van der Waals surface area contributed by atoms with Crippen molar-refractivity contribution in [3.8, 4) is 5.69 Å². The standard InChI is InChI=1S/C14H9ClN2O/c1-16-11-7-8(15)4-5-9(11)12-13(16)14(18)10-3-2-6-17(10)12/h2-7H,1H3. The van der Waals surface area contributed by atoms with Crippen LogP contribution in [-0.4, -0.2) is 14.9 Å². The quantitative estimate of drug-likeness (QED) is 0.475. The monoisotopic (exact) mass is 256 g/mol. The number of halogens is 1. The highest BCUT2D eigenvalue weighted by atomic mass is 35.5. The fraction of sp³-hybridized carbons (Fsp3) is 0.0714. The molecule has 88 valence electrons. The first-order valence-electron chi connectivity index (χ1n) is 5.69. The van der Waals surface area contributed by atoms with Crippen LogP contribution >= 0.6 is 11.6 Å². The van der Waals surface area contributed by atoms with Crippen LogP contribution in [-0.2, 0) is 7.05 Å². The highest BCUT2D eigenvalue weighted by molar-refractivity contribution is 6.31. The van der Waals surface area contributed by atoms with Gasteiger partial charge in [-0.1, -0.05) is 11.6 Å². The number of hydrogen-bond donors (Lipinski definition) is 0. The summed E-state index contributed by atoms with van der Waals surface area (Å²) in [6, 6.07) is 9.47. The van der Waals surface area contributed by atoms with Gasteiger partial charge >= 0.3 is 0 Å². The Hall–Kier alpha value is -2.00. The molecule has 18 heavy (non-hydrogen) atoms. The number of benzene rings is 1. The molecule has 3 aromatic rings. The molecule has 0 saturated carbocycles. The zero-order valence-electron chi connectivity index (χ0n) is 9.64. The normalized spacial score (nSPS) is 13.1. The lowest BCUT2D eigenvalue weighted by Crippen LogP contribution is -2.03. The van der Waals surface area contributed by atoms with Gasteiger partial charge in [-0.2, -0.15) is 0 Å². The van der Waals surface area contributed by atoms with E-state index in [0.717, 1.165) is 28.0 Å². The minimum absolute atomic E-state index is 0.0739. The smallest absolute Gasteiger partial charge is 0.228 e. The molecule has 0 amide bonds. The van der Waals surface area contributed by atoms with E-state index in [1.165, 1.54) is 0 Å². The Morgan fingerprint density at radius 1 is 1.22 bits per heavy atom. The fourth-order valence-corrected chi connectivity index (χ4v) is 2.94. The third-order valence-electron chi connectivity index (χ3n) is 3.57. The molecule has 0 N–H and O–H groups in total. The first-order chi connectivity index (χ1) is 8.68. The van der Waals surface area contributed by atoms with Crippen LogP contribution in [0.3, 0.4) is 0 Å². The topological polar surface area (TPSA) is 26.9 Å². The Kier molecular flexibility index (Phi) is 1.69. The maximum atomic E-state index is 12.3. The van der Waals surface area contributed by atoms with Gasteiger partial charge in [0.1, 0.15) is 5.69 Å². The van der Waals surface area contributed by atoms with Gasteiger partial charge in [0.2, 0.25) is 5.78 Å². The molecule has 0 fully saturated rings. The first-order valence-corrected chi connectivity index (χ1v) is 6.06. The van der Waals surface area contributed by atoms with Crippen molar-refractivity contribution in [3.63, 3.8) is 0 Å². The van der Waals surface area contributed by atoms with Crippen LogP contribution in [0.4, 0.5) is 0 Å². The number of fused-ring (bicyclic) bond motifs is 5. The number of hydrogen-bond acceptors (Lipinski definition) is 1. The van der Waals surface area contributed by atoms with Gasteiger partial charge in [0.25, 0.3) is 0 Å². The second kappa shape index (κ2) is 3.06. The molecule has 0 unspecified atom stereocenters. The molecule has 2 aromatic heterocycles. The number of nitrogens with zero attached hydrogens (tertiary/aromatic N) is 2. The molecule has 0 radical (unpaired) electrons. The molecule has 4 heteroatoms. The van der Waals surface area contributed by atoms with Crippen molar-refractivity contribution in [1.29, 1.82) is 0 Å². The summed E-state index contributed by atoms with van der Waals surface area (Å²) in [7, 11) is 1.90. The van der Waals surface area contributed by atoms with Crippen LogP contribution in [0.15, 0.2) is 36.5 Å². The summed E-state index contributed by atoms with van der Waals surface area (Å²) in [5.41, 5.74) is 3.42. The molecule has 0 saturated heterocycles. The van der Waals surface area contributed by atoms with Crippen molar-refractivity contribution < 1.29 is 4.79 Å². The zero-order valence-corrected chi connectivity index (χ0v) is 10.4. The molecule has 4 rings (SSSR count). The molecule has 0 bridgehead atoms. The van der Waals surface area contributed by atoms with E-state index in [1.807, 2.05) is 52.7 Å². The Morgan fingerprint density at radius 2 is 2.06 bits per heavy atom. The summed E-state index contributed by atoms with van der Waals surface area (Å²) in [5, 5.41) is 1.74. The Bertz CT molecular complexity index is 826. The molecule has 3 nitrogen and oxygen atoms in total. The number of ketones is 1. The van der Waals surface area contributed by atoms with Gasteiger partial charge in [-0.15, -0.1) is 0 Å². The molecule has 0 aliphatic carbocycles. The summed E-state index contributed by atoms with van der Waals surface area (Å²) in [6.07, 6.45) is 1.92. The maximum absolute atomic E-state index is 12.3. The Morgan fingerprint density at radius 3 is 2.89 bits per heavy atom. The molecular weight excluding hydrogens is 248 g/mol. The number of carbonyl (C=O) groups excluding carboxylic acids is 1. The Balaban J connectivity index is 2.24. The minimum Gasteiger partial charge on any atom is -0.339 e. The molecule has 1 aliphatic heterocycles. The van der Waals surface area contributed by atoms with Crippen LogP contribution in [0.25, 0.3) is 16.6 Å². The summed E-state index contributed by atoms with van der Waals surface area (Å²) in [5.74, 6) is 0.0739. The molecule has 0 spiro atoms. The van der Waals surface area contributed by atoms with Gasteiger partial charge in [-0.05, 0) is 30.3 Å². The lowest BCUT2D eigenvalue weighted by atomic mass is 10.2. The molecule has 1 aromatic carbocycles. The second-order valence-corrected chi connectivity index (χ2v) is 4.95. The number of carbonyl (C=O) groups is 1. The van der Waals surface area contributed by atoms with Crippen molar-refractivity contribution >= 4 is 28.3 Å². The van der Waals surface area contributed by atoms with E-state index in [1.54, 1.807) is 0 Å². The lowest BCUT2D eigenvalue weighted by molar-refractivity contribution is 0.103. The predicted molar refractivity (Wildman–Crippen MR) is 70.7 cm³/mol. The third kappa shape index (κ3) is 0.985. The molecule has 1 aliphatic rings. The van der Waals surface area contributed by atoms with Crippen molar-refractivity contribution in [1.82, 2.24) is 9.13 Å². The Labute approximate surface area is 108 Å². The number of aryl methyl sites for hydroxylation is 1. The average molecular weight is 257 g/mol. The van der Waals surface area contributed by atoms with E-state index in [9.17, 15) is 4.79 Å². The van der Waals surface area contributed by atoms with Gasteiger partial charge in [-0.25, -0.2) is 0 Å². The zero-order chi connectivity index (χ0) is 12.4. The van der Waals surface area contributed by atoms with Crippen LogP contribution in [0, 0.1) is 0 Å². The first kappa shape index (κ1) is 9.97. The van der Waals surface area contributed by atoms with Crippen LogP contribution in [0.2, 0.25) is 5.02 Å². The van der Waals surface area contributed by atoms with Gasteiger partial charge in [0, 0.05) is 23.7 Å². The second-order valence-electron chi connectivity index (χ2n) is 4.51. The van der Waals surface area contributed by atoms with Gasteiger partial charge in [0.05, 0.1) is 16.9 Å². The van der Waals surface area contributed by atoms with Crippen LogP contribution in [0.5, 0.6) is 0 Å². The molecule has 0 atom stereocenters. The number of rotatable bonds is 0. The highest BCUT2D eigenvalue weighted by Crippen LogP contribution is 2.37. The van der Waals surface area contributed by atoms with Gasteiger partial charge in [-0.3, -0.25) is 4.79 Å². The summed E-state index contributed by atoms with van der Waals surface area (Å²) >= 11 is 6.02. The van der Waals surface area contributed by atoms with E-state index < -0.39 is 0 Å². The van der Waals surface area contributed by atoms with Crippen LogP contribution < -0.4 is 0 Å². The third-order valence-corrected chi connectivity index (χ3v) is 3.81. The average Bonchev–Trinajstić information content (AvgIpc) is 2.97. The van der Waals surface area contributed by atoms with Crippen molar-refractivity contribution in [2.45, 2.75) is 0 Å². The summed E-state index contributed by atoms with van der Waals surface area (Å²) in [6.45, 7) is 0. The fourth-order valence-electron chi connectivity index (χ4n) is 2.78. The van der Waals surface area contributed by atoms with Gasteiger partial charge < -0.3 is 9.13 Å². The van der Waals surface area contributed by atoms with Crippen molar-refractivity contribution in [3.05, 3.63) is 52.9 Å². The van der Waals surface area contributed by atoms with Crippen molar-refractivity contribution in [2.75, 3.05) is 0 Å². The van der Waals surface area contributed by atoms with E-state index in [4.69, 9.17) is 11.6 Å². The molecule has 3 heterocycles.